The van der Waals surface area contributed by atoms with Crippen molar-refractivity contribution in [2.75, 3.05) is 7.11 Å². The van der Waals surface area contributed by atoms with Crippen LogP contribution in [0.4, 0.5) is 13.2 Å². The average molecular weight is 278 g/mol. The molecule has 0 aliphatic heterocycles. The van der Waals surface area contributed by atoms with E-state index < -0.39 is 12.3 Å². The van der Waals surface area contributed by atoms with E-state index >= 15 is 0 Å². The highest BCUT2D eigenvalue weighted by atomic mass is 19.4. The van der Waals surface area contributed by atoms with E-state index in [2.05, 4.69) is 5.16 Å². The predicted octanol–water partition coefficient (Wildman–Crippen LogP) is 2.12. The molecule has 1 aromatic rings. The van der Waals surface area contributed by atoms with Gasteiger partial charge in [0.15, 0.2) is 11.9 Å². The fourth-order valence-electron chi connectivity index (χ4n) is 1.25. The van der Waals surface area contributed by atoms with Gasteiger partial charge in [0.2, 0.25) is 0 Å². The number of oxime groups is 1. The summed E-state index contributed by atoms with van der Waals surface area (Å²) in [4.78, 5) is 0. The molecule has 0 saturated heterocycles. The number of nitrogens with two attached hydrogens (primary N) is 1. The van der Waals surface area contributed by atoms with Crippen molar-refractivity contribution in [3.8, 4) is 11.5 Å². The molecule has 0 aliphatic carbocycles. The third-order valence-electron chi connectivity index (χ3n) is 2.34. The van der Waals surface area contributed by atoms with Gasteiger partial charge >= 0.3 is 6.18 Å². The van der Waals surface area contributed by atoms with E-state index in [9.17, 15) is 13.2 Å². The third kappa shape index (κ3) is 3.67. The summed E-state index contributed by atoms with van der Waals surface area (Å²) in [6.45, 7) is 0.857. The molecule has 0 radical (unpaired) electrons. The van der Waals surface area contributed by atoms with Crippen molar-refractivity contribution in [1.29, 1.82) is 0 Å². The zero-order chi connectivity index (χ0) is 14.6. The summed E-state index contributed by atoms with van der Waals surface area (Å²) < 4.78 is 47.1. The molecule has 0 aliphatic rings. The Kier molecular flexibility index (Phi) is 4.47. The number of benzene rings is 1. The summed E-state index contributed by atoms with van der Waals surface area (Å²) >= 11 is 0. The van der Waals surface area contributed by atoms with Crippen LogP contribution in [0.3, 0.4) is 0 Å². The highest BCUT2D eigenvalue weighted by Gasteiger charge is 2.38. The van der Waals surface area contributed by atoms with Crippen LogP contribution < -0.4 is 15.2 Å². The molecule has 0 aromatic heterocycles. The molecule has 5 nitrogen and oxygen atoms in total. The van der Waals surface area contributed by atoms with Crippen molar-refractivity contribution in [3.63, 3.8) is 0 Å². The van der Waals surface area contributed by atoms with Gasteiger partial charge in [-0.2, -0.15) is 13.2 Å². The molecular formula is C11H13F3N2O3. The molecule has 0 spiro atoms. The van der Waals surface area contributed by atoms with Gasteiger partial charge in [-0.1, -0.05) is 5.16 Å². The maximum atomic E-state index is 12.5. The lowest BCUT2D eigenvalue weighted by Gasteiger charge is -2.19. The Hall–Kier alpha value is -2.12. The molecule has 106 valence electrons. The van der Waals surface area contributed by atoms with Gasteiger partial charge < -0.3 is 20.4 Å². The summed E-state index contributed by atoms with van der Waals surface area (Å²) in [6.07, 6.45) is -6.56. The molecule has 0 bridgehead atoms. The first-order valence-electron chi connectivity index (χ1n) is 5.19. The molecule has 0 fully saturated rings. The normalized spacial score (nSPS) is 14.1. The summed E-state index contributed by atoms with van der Waals surface area (Å²) in [5, 5.41) is 11.3. The lowest BCUT2D eigenvalue weighted by molar-refractivity contribution is -0.189. The van der Waals surface area contributed by atoms with Crippen LogP contribution in [0.2, 0.25) is 0 Å². The first-order chi connectivity index (χ1) is 8.79. The SMILES string of the molecule is COc1ccc(/C(N)=N/O)c(OC(C)C(F)(F)F)c1. The number of rotatable bonds is 4. The Balaban J connectivity index is 3.15. The molecule has 8 heteroatoms. The number of alkyl halides is 3. The van der Waals surface area contributed by atoms with E-state index in [1.807, 2.05) is 0 Å². The van der Waals surface area contributed by atoms with Crippen LogP contribution in [-0.2, 0) is 0 Å². The lowest BCUT2D eigenvalue weighted by atomic mass is 10.1. The van der Waals surface area contributed by atoms with Crippen molar-refractivity contribution in [2.24, 2.45) is 10.9 Å². The Morgan fingerprint density at radius 3 is 2.53 bits per heavy atom. The van der Waals surface area contributed by atoms with Gasteiger partial charge in [0, 0.05) is 6.07 Å². The first kappa shape index (κ1) is 14.9. The Morgan fingerprint density at radius 2 is 2.05 bits per heavy atom. The zero-order valence-electron chi connectivity index (χ0n) is 10.2. The fourth-order valence-corrected chi connectivity index (χ4v) is 1.25. The van der Waals surface area contributed by atoms with Gasteiger partial charge in [0.25, 0.3) is 0 Å². The van der Waals surface area contributed by atoms with Crippen LogP contribution in [0.1, 0.15) is 12.5 Å². The smallest absolute Gasteiger partial charge is 0.425 e. The van der Waals surface area contributed by atoms with Crippen LogP contribution in [0.5, 0.6) is 11.5 Å². The number of methoxy groups -OCH3 is 1. The summed E-state index contributed by atoms with van der Waals surface area (Å²) in [5.74, 6) is -0.245. The van der Waals surface area contributed by atoms with Crippen LogP contribution in [0, 0.1) is 0 Å². The predicted molar refractivity (Wildman–Crippen MR) is 61.6 cm³/mol. The highest BCUT2D eigenvalue weighted by molar-refractivity contribution is 5.99. The van der Waals surface area contributed by atoms with Gasteiger partial charge in [-0.3, -0.25) is 0 Å². The lowest BCUT2D eigenvalue weighted by Crippen LogP contribution is -2.32. The van der Waals surface area contributed by atoms with Gasteiger partial charge in [-0.05, 0) is 19.1 Å². The monoisotopic (exact) mass is 278 g/mol. The van der Waals surface area contributed by atoms with Crippen molar-refractivity contribution in [2.45, 2.75) is 19.2 Å². The molecular weight excluding hydrogens is 265 g/mol. The third-order valence-corrected chi connectivity index (χ3v) is 2.34. The fraction of sp³-hybridized carbons (Fsp3) is 0.364. The molecule has 19 heavy (non-hydrogen) atoms. The molecule has 0 saturated carbocycles. The standard InChI is InChI=1S/C11H13F3N2O3/c1-6(11(12,13)14)19-9-5-7(18-2)3-4-8(9)10(15)16-17/h3-6,17H,1-2H3,(H2,15,16). The summed E-state index contributed by atoms with van der Waals surface area (Å²) in [5.41, 5.74) is 5.41. The second-order valence-electron chi connectivity index (χ2n) is 3.65. The van der Waals surface area contributed by atoms with Gasteiger partial charge in [0.1, 0.15) is 11.5 Å². The molecule has 1 unspecified atom stereocenters. The van der Waals surface area contributed by atoms with E-state index in [0.29, 0.717) is 5.75 Å². The Bertz CT molecular complexity index is 475. The van der Waals surface area contributed by atoms with E-state index in [1.54, 1.807) is 0 Å². The van der Waals surface area contributed by atoms with Crippen LogP contribution in [0.25, 0.3) is 0 Å². The van der Waals surface area contributed by atoms with E-state index in [-0.39, 0.29) is 17.1 Å². The molecule has 1 rings (SSSR count). The number of nitrogens with zero attached hydrogens (tertiary/aromatic N) is 1. The number of ether oxygens (including phenoxy) is 2. The van der Waals surface area contributed by atoms with Gasteiger partial charge in [-0.25, -0.2) is 0 Å². The van der Waals surface area contributed by atoms with Gasteiger partial charge in [0.05, 0.1) is 12.7 Å². The molecule has 1 aromatic carbocycles. The minimum absolute atomic E-state index is 0.0411. The van der Waals surface area contributed by atoms with Crippen molar-refractivity contribution < 1.29 is 27.9 Å². The molecule has 0 amide bonds. The van der Waals surface area contributed by atoms with Gasteiger partial charge in [-0.15, -0.1) is 0 Å². The summed E-state index contributed by atoms with van der Waals surface area (Å²) in [7, 11) is 1.36. The van der Waals surface area contributed by atoms with E-state index in [1.165, 1.54) is 25.3 Å². The highest BCUT2D eigenvalue weighted by Crippen LogP contribution is 2.30. The van der Waals surface area contributed by atoms with Crippen molar-refractivity contribution in [1.82, 2.24) is 0 Å². The number of hydrogen-bond acceptors (Lipinski definition) is 4. The van der Waals surface area contributed by atoms with E-state index in [4.69, 9.17) is 20.4 Å². The number of amidine groups is 1. The van der Waals surface area contributed by atoms with Crippen molar-refractivity contribution >= 4 is 5.84 Å². The number of hydrogen-bond donors (Lipinski definition) is 2. The zero-order valence-corrected chi connectivity index (χ0v) is 10.2. The summed E-state index contributed by atoms with van der Waals surface area (Å²) in [6, 6.07) is 4.03. The largest absolute Gasteiger partial charge is 0.497 e. The minimum atomic E-state index is -4.52. The van der Waals surface area contributed by atoms with E-state index in [0.717, 1.165) is 6.92 Å². The quantitative estimate of drug-likeness (QED) is 0.383. The molecule has 1 atom stereocenters. The topological polar surface area (TPSA) is 77.1 Å². The Morgan fingerprint density at radius 1 is 1.42 bits per heavy atom. The maximum Gasteiger partial charge on any atom is 0.425 e. The van der Waals surface area contributed by atoms with Crippen LogP contribution in [-0.4, -0.2) is 30.4 Å². The molecule has 0 heterocycles. The second kappa shape index (κ2) is 5.68. The average Bonchev–Trinajstić information content (AvgIpc) is 2.36. The Labute approximate surface area is 107 Å². The molecule has 3 N–H and O–H groups in total. The maximum absolute atomic E-state index is 12.5. The number of halogens is 3. The first-order valence-corrected chi connectivity index (χ1v) is 5.19. The van der Waals surface area contributed by atoms with Crippen molar-refractivity contribution in [3.05, 3.63) is 23.8 Å². The second-order valence-corrected chi connectivity index (χ2v) is 3.65. The van der Waals surface area contributed by atoms with Crippen LogP contribution >= 0.6 is 0 Å². The van der Waals surface area contributed by atoms with Crippen LogP contribution in [0.15, 0.2) is 23.4 Å². The minimum Gasteiger partial charge on any atom is -0.497 e.